The Hall–Kier alpha value is -2.24. The second-order valence-corrected chi connectivity index (χ2v) is 5.92. The summed E-state index contributed by atoms with van der Waals surface area (Å²) in [4.78, 5) is 1.93. The molecular weight excluding hydrogens is 304 g/mol. The summed E-state index contributed by atoms with van der Waals surface area (Å²) in [5.74, 6) is 1.62. The fraction of sp³-hybridized carbons (Fsp3) is 0.368. The van der Waals surface area contributed by atoms with Crippen LogP contribution in [-0.4, -0.2) is 50.5 Å². The van der Waals surface area contributed by atoms with Gasteiger partial charge in [0.2, 0.25) is 0 Å². The van der Waals surface area contributed by atoms with Crippen molar-refractivity contribution in [2.45, 2.75) is 12.6 Å². The lowest BCUT2D eigenvalue weighted by molar-refractivity contribution is 0.0831. The van der Waals surface area contributed by atoms with Gasteiger partial charge in [-0.3, -0.25) is 0 Å². The summed E-state index contributed by atoms with van der Waals surface area (Å²) in [6, 6.07) is 15.7. The first-order chi connectivity index (χ1) is 11.6. The Labute approximate surface area is 143 Å². The van der Waals surface area contributed by atoms with E-state index in [4.69, 9.17) is 9.47 Å². The summed E-state index contributed by atoms with van der Waals surface area (Å²) in [5.41, 5.74) is 2.11. The maximum absolute atomic E-state index is 9.80. The van der Waals surface area contributed by atoms with Crippen molar-refractivity contribution >= 4 is 5.69 Å². The van der Waals surface area contributed by atoms with Crippen LogP contribution in [0.25, 0.3) is 0 Å². The Kier molecular flexibility index (Phi) is 6.90. The number of nitrogens with zero attached hydrogens (tertiary/aromatic N) is 1. The van der Waals surface area contributed by atoms with E-state index >= 15 is 0 Å². The van der Waals surface area contributed by atoms with Crippen LogP contribution in [0.15, 0.2) is 48.5 Å². The minimum atomic E-state index is -0.497. The highest BCUT2D eigenvalue weighted by molar-refractivity contribution is 5.47. The number of para-hydroxylation sites is 1. The number of methoxy groups -OCH3 is 1. The number of ether oxygens (including phenoxy) is 2. The van der Waals surface area contributed by atoms with Crippen LogP contribution >= 0.6 is 0 Å². The summed E-state index contributed by atoms with van der Waals surface area (Å²) in [7, 11) is 5.52. The van der Waals surface area contributed by atoms with Crippen LogP contribution in [0.5, 0.6) is 11.5 Å². The molecule has 0 aromatic heterocycles. The highest BCUT2D eigenvalue weighted by atomic mass is 16.5. The van der Waals surface area contributed by atoms with Crippen LogP contribution in [-0.2, 0) is 6.54 Å². The van der Waals surface area contributed by atoms with Gasteiger partial charge in [-0.15, -0.1) is 0 Å². The standard InChI is InChI=1S/C19H26N2O3/c1-21(2)13-17(22)14-24-18-10-8-16(9-11-18)20-12-15-6-4-5-7-19(15)23-3/h4-11,17,20,22H,12-14H2,1-3H3. The maximum atomic E-state index is 9.80. The van der Waals surface area contributed by atoms with Crippen molar-refractivity contribution in [2.75, 3.05) is 39.7 Å². The third-order valence-electron chi connectivity index (χ3n) is 3.55. The first-order valence-corrected chi connectivity index (χ1v) is 8.00. The third-order valence-corrected chi connectivity index (χ3v) is 3.55. The van der Waals surface area contributed by atoms with Crippen LogP contribution in [0, 0.1) is 0 Å². The van der Waals surface area contributed by atoms with Gasteiger partial charge in [-0.25, -0.2) is 0 Å². The average Bonchev–Trinajstić information content (AvgIpc) is 2.58. The molecule has 24 heavy (non-hydrogen) atoms. The van der Waals surface area contributed by atoms with E-state index in [1.165, 1.54) is 0 Å². The molecule has 1 atom stereocenters. The zero-order valence-corrected chi connectivity index (χ0v) is 14.5. The molecule has 0 saturated heterocycles. The molecule has 0 radical (unpaired) electrons. The van der Waals surface area contributed by atoms with Crippen LogP contribution < -0.4 is 14.8 Å². The molecule has 0 aliphatic carbocycles. The average molecular weight is 330 g/mol. The number of likely N-dealkylation sites (N-methyl/N-ethyl adjacent to an activating group) is 1. The normalized spacial score (nSPS) is 12.0. The fourth-order valence-electron chi connectivity index (χ4n) is 2.38. The monoisotopic (exact) mass is 330 g/mol. The van der Waals surface area contributed by atoms with E-state index in [1.807, 2.05) is 67.5 Å². The Bertz CT molecular complexity index is 614. The van der Waals surface area contributed by atoms with Crippen LogP contribution in [0.1, 0.15) is 5.56 Å². The SMILES string of the molecule is COc1ccccc1CNc1ccc(OCC(O)CN(C)C)cc1. The molecule has 0 fully saturated rings. The van der Waals surface area contributed by atoms with Crippen molar-refractivity contribution in [3.63, 3.8) is 0 Å². The number of rotatable bonds is 9. The smallest absolute Gasteiger partial charge is 0.123 e. The van der Waals surface area contributed by atoms with Gasteiger partial charge in [0.05, 0.1) is 7.11 Å². The third kappa shape index (κ3) is 5.76. The molecule has 0 saturated carbocycles. The Morgan fingerprint density at radius 2 is 1.79 bits per heavy atom. The first kappa shape index (κ1) is 18.1. The number of hydrogen-bond donors (Lipinski definition) is 2. The molecule has 5 nitrogen and oxygen atoms in total. The number of aliphatic hydroxyl groups excluding tert-OH is 1. The van der Waals surface area contributed by atoms with Crippen LogP contribution in [0.4, 0.5) is 5.69 Å². The van der Waals surface area contributed by atoms with E-state index in [-0.39, 0.29) is 6.61 Å². The van der Waals surface area contributed by atoms with E-state index in [9.17, 15) is 5.11 Å². The zero-order chi connectivity index (χ0) is 17.4. The Morgan fingerprint density at radius 3 is 2.46 bits per heavy atom. The largest absolute Gasteiger partial charge is 0.496 e. The second kappa shape index (κ2) is 9.15. The van der Waals surface area contributed by atoms with Gasteiger partial charge in [0.1, 0.15) is 24.2 Å². The van der Waals surface area contributed by atoms with E-state index in [0.717, 1.165) is 22.7 Å². The molecule has 5 heteroatoms. The molecule has 0 bridgehead atoms. The van der Waals surface area contributed by atoms with Gasteiger partial charge in [-0.1, -0.05) is 18.2 Å². The van der Waals surface area contributed by atoms with Crippen molar-refractivity contribution in [3.05, 3.63) is 54.1 Å². The summed E-state index contributed by atoms with van der Waals surface area (Å²) >= 11 is 0. The van der Waals surface area contributed by atoms with Gasteiger partial charge < -0.3 is 24.8 Å². The van der Waals surface area contributed by atoms with Gasteiger partial charge in [0.15, 0.2) is 0 Å². The number of anilines is 1. The highest BCUT2D eigenvalue weighted by Gasteiger charge is 2.06. The van der Waals surface area contributed by atoms with E-state index in [1.54, 1.807) is 7.11 Å². The minimum absolute atomic E-state index is 0.284. The van der Waals surface area contributed by atoms with Gasteiger partial charge in [-0.05, 0) is 44.4 Å². The lowest BCUT2D eigenvalue weighted by atomic mass is 10.2. The van der Waals surface area contributed by atoms with Crippen LogP contribution in [0.2, 0.25) is 0 Å². The van der Waals surface area contributed by atoms with E-state index in [2.05, 4.69) is 5.32 Å². The number of benzene rings is 2. The summed E-state index contributed by atoms with van der Waals surface area (Å²) in [6.45, 7) is 1.55. The first-order valence-electron chi connectivity index (χ1n) is 8.00. The van der Waals surface area contributed by atoms with Gasteiger partial charge >= 0.3 is 0 Å². The zero-order valence-electron chi connectivity index (χ0n) is 14.5. The van der Waals surface area contributed by atoms with E-state index < -0.39 is 6.10 Å². The quantitative estimate of drug-likeness (QED) is 0.740. The predicted molar refractivity (Wildman–Crippen MR) is 96.8 cm³/mol. The molecule has 0 aliphatic heterocycles. The van der Waals surface area contributed by atoms with Crippen molar-refractivity contribution in [2.24, 2.45) is 0 Å². The maximum Gasteiger partial charge on any atom is 0.123 e. The lowest BCUT2D eigenvalue weighted by Gasteiger charge is -2.16. The Balaban J connectivity index is 1.83. The van der Waals surface area contributed by atoms with Crippen molar-refractivity contribution in [3.8, 4) is 11.5 Å². The molecule has 2 rings (SSSR count). The van der Waals surface area contributed by atoms with Gasteiger partial charge in [-0.2, -0.15) is 0 Å². The van der Waals surface area contributed by atoms with Crippen molar-refractivity contribution < 1.29 is 14.6 Å². The molecule has 0 spiro atoms. The van der Waals surface area contributed by atoms with E-state index in [0.29, 0.717) is 13.1 Å². The van der Waals surface area contributed by atoms with Crippen molar-refractivity contribution in [1.29, 1.82) is 0 Å². The van der Waals surface area contributed by atoms with Gasteiger partial charge in [0, 0.05) is 24.3 Å². The molecule has 2 aromatic carbocycles. The molecule has 0 aliphatic rings. The summed E-state index contributed by atoms with van der Waals surface area (Å²) in [5, 5.41) is 13.2. The topological polar surface area (TPSA) is 54.0 Å². The lowest BCUT2D eigenvalue weighted by Crippen LogP contribution is -2.30. The van der Waals surface area contributed by atoms with Crippen LogP contribution in [0.3, 0.4) is 0 Å². The molecule has 2 aromatic rings. The second-order valence-electron chi connectivity index (χ2n) is 5.92. The molecule has 0 heterocycles. The molecule has 130 valence electrons. The molecular formula is C19H26N2O3. The fourth-order valence-corrected chi connectivity index (χ4v) is 2.38. The number of aliphatic hydroxyl groups is 1. The number of nitrogens with one attached hydrogen (secondary N) is 1. The highest BCUT2D eigenvalue weighted by Crippen LogP contribution is 2.20. The molecule has 1 unspecified atom stereocenters. The van der Waals surface area contributed by atoms with Crippen molar-refractivity contribution in [1.82, 2.24) is 4.90 Å². The predicted octanol–water partition coefficient (Wildman–Crippen LogP) is 2.61. The summed E-state index contributed by atoms with van der Waals surface area (Å²) in [6.07, 6.45) is -0.497. The molecule has 2 N–H and O–H groups in total. The summed E-state index contributed by atoms with van der Waals surface area (Å²) < 4.78 is 10.9. The Morgan fingerprint density at radius 1 is 1.08 bits per heavy atom. The van der Waals surface area contributed by atoms with Gasteiger partial charge in [0.25, 0.3) is 0 Å². The molecule has 0 amide bonds. The number of hydrogen-bond acceptors (Lipinski definition) is 5. The minimum Gasteiger partial charge on any atom is -0.496 e.